The third-order valence-electron chi connectivity index (χ3n) is 4.44. The van der Waals surface area contributed by atoms with Gasteiger partial charge in [-0.25, -0.2) is 9.67 Å². The summed E-state index contributed by atoms with van der Waals surface area (Å²) in [5.41, 5.74) is 2.85. The van der Waals surface area contributed by atoms with Crippen LogP contribution in [0.15, 0.2) is 61.1 Å². The molecule has 6 nitrogen and oxygen atoms in total. The number of anilines is 1. The van der Waals surface area contributed by atoms with Crippen molar-refractivity contribution in [3.8, 4) is 5.69 Å². The predicted octanol–water partition coefficient (Wildman–Crippen LogP) is 2.80. The smallest absolute Gasteiger partial charge is 0.251 e. The van der Waals surface area contributed by atoms with Gasteiger partial charge >= 0.3 is 0 Å². The second kappa shape index (κ2) is 7.00. The van der Waals surface area contributed by atoms with Crippen molar-refractivity contribution >= 4 is 11.7 Å². The van der Waals surface area contributed by atoms with Crippen molar-refractivity contribution in [3.63, 3.8) is 0 Å². The number of nitrogens with zero attached hydrogens (tertiary/aromatic N) is 4. The Morgan fingerprint density at radius 3 is 2.73 bits per heavy atom. The van der Waals surface area contributed by atoms with Crippen molar-refractivity contribution in [2.75, 3.05) is 11.9 Å². The molecule has 26 heavy (non-hydrogen) atoms. The molecule has 4 rings (SSSR count). The normalized spacial score (nSPS) is 13.4. The van der Waals surface area contributed by atoms with E-state index in [1.54, 1.807) is 18.5 Å². The van der Waals surface area contributed by atoms with E-state index >= 15 is 0 Å². The number of benzene rings is 1. The van der Waals surface area contributed by atoms with Crippen LogP contribution in [0, 0.1) is 0 Å². The van der Waals surface area contributed by atoms with Crippen molar-refractivity contribution in [1.82, 2.24) is 20.1 Å². The van der Waals surface area contributed by atoms with Crippen LogP contribution in [0.3, 0.4) is 0 Å². The van der Waals surface area contributed by atoms with Gasteiger partial charge in [0.05, 0.1) is 5.69 Å². The number of amides is 1. The Hall–Kier alpha value is -3.15. The molecule has 0 atom stereocenters. The number of rotatable bonds is 6. The van der Waals surface area contributed by atoms with Gasteiger partial charge in [-0.3, -0.25) is 4.79 Å². The fraction of sp³-hybridized carbons (Fsp3) is 0.250. The highest BCUT2D eigenvalue weighted by Crippen LogP contribution is 2.20. The van der Waals surface area contributed by atoms with Crippen LogP contribution in [0.2, 0.25) is 0 Å². The molecule has 0 aliphatic heterocycles. The Morgan fingerprint density at radius 2 is 2.04 bits per heavy atom. The standard InChI is InChI=1S/C20H21N5O/c1-24(14-15-3-7-18(8-4-15)25-12-2-10-22-25)19-13-16(9-11-21-19)20(26)23-17-5-6-17/h2-4,7-13,17H,5-6,14H2,1H3,(H,23,26). The molecule has 3 aromatic rings. The molecule has 1 fully saturated rings. The third kappa shape index (κ3) is 3.74. The van der Waals surface area contributed by atoms with E-state index < -0.39 is 0 Å². The molecule has 0 radical (unpaired) electrons. The van der Waals surface area contributed by atoms with Gasteiger partial charge in [-0.15, -0.1) is 0 Å². The monoisotopic (exact) mass is 347 g/mol. The van der Waals surface area contributed by atoms with Crippen molar-refractivity contribution in [1.29, 1.82) is 0 Å². The second-order valence-corrected chi connectivity index (χ2v) is 6.62. The van der Waals surface area contributed by atoms with Gasteiger partial charge in [0.25, 0.3) is 5.91 Å². The minimum atomic E-state index is -0.0203. The van der Waals surface area contributed by atoms with Crippen molar-refractivity contribution < 1.29 is 4.79 Å². The summed E-state index contributed by atoms with van der Waals surface area (Å²) in [5, 5.41) is 7.25. The number of nitrogens with one attached hydrogen (secondary N) is 1. The van der Waals surface area contributed by atoms with Gasteiger partial charge in [0.2, 0.25) is 0 Å². The number of carbonyl (C=O) groups excluding carboxylic acids is 1. The van der Waals surface area contributed by atoms with Crippen molar-refractivity contribution in [2.24, 2.45) is 0 Å². The van der Waals surface area contributed by atoms with E-state index in [1.807, 2.05) is 47.1 Å². The van der Waals surface area contributed by atoms with Crippen LogP contribution < -0.4 is 10.2 Å². The molecule has 132 valence electrons. The first-order valence-corrected chi connectivity index (χ1v) is 8.76. The zero-order chi connectivity index (χ0) is 17.9. The molecule has 1 N–H and O–H groups in total. The Kier molecular flexibility index (Phi) is 4.39. The summed E-state index contributed by atoms with van der Waals surface area (Å²) in [7, 11) is 1.98. The average Bonchev–Trinajstić information content (AvgIpc) is 3.31. The van der Waals surface area contributed by atoms with Crippen LogP contribution in [0.4, 0.5) is 5.82 Å². The summed E-state index contributed by atoms with van der Waals surface area (Å²) in [6.45, 7) is 0.708. The highest BCUT2D eigenvalue weighted by molar-refractivity contribution is 5.95. The zero-order valence-electron chi connectivity index (χ0n) is 14.7. The lowest BCUT2D eigenvalue weighted by molar-refractivity contribution is 0.0951. The highest BCUT2D eigenvalue weighted by atomic mass is 16.1. The number of carbonyl (C=O) groups is 1. The van der Waals surface area contributed by atoms with Crippen molar-refractivity contribution in [2.45, 2.75) is 25.4 Å². The molecule has 1 aliphatic carbocycles. The van der Waals surface area contributed by atoms with Gasteiger partial charge in [-0.05, 0) is 48.7 Å². The number of pyridine rings is 1. The third-order valence-corrected chi connectivity index (χ3v) is 4.44. The topological polar surface area (TPSA) is 63.1 Å². The molecule has 0 unspecified atom stereocenters. The van der Waals surface area contributed by atoms with E-state index in [9.17, 15) is 4.79 Å². The molecular formula is C20H21N5O. The summed E-state index contributed by atoms with van der Waals surface area (Å²) >= 11 is 0. The lowest BCUT2D eigenvalue weighted by Crippen LogP contribution is -2.26. The first kappa shape index (κ1) is 16.3. The fourth-order valence-corrected chi connectivity index (χ4v) is 2.80. The number of aromatic nitrogens is 3. The Labute approximate surface area is 152 Å². The maximum atomic E-state index is 12.2. The molecule has 1 amide bonds. The molecule has 0 spiro atoms. The lowest BCUT2D eigenvalue weighted by atomic mass is 10.2. The lowest BCUT2D eigenvalue weighted by Gasteiger charge is -2.19. The first-order valence-electron chi connectivity index (χ1n) is 8.76. The number of hydrogen-bond donors (Lipinski definition) is 1. The van der Waals surface area contributed by atoms with Crippen molar-refractivity contribution in [3.05, 3.63) is 72.2 Å². The Bertz CT molecular complexity index is 885. The van der Waals surface area contributed by atoms with E-state index in [0.29, 0.717) is 18.2 Å². The van der Waals surface area contributed by atoms with Crippen LogP contribution in [0.25, 0.3) is 5.69 Å². The molecule has 1 saturated carbocycles. The van der Waals surface area contributed by atoms with E-state index in [4.69, 9.17) is 0 Å². The minimum Gasteiger partial charge on any atom is -0.355 e. The van der Waals surface area contributed by atoms with Gasteiger partial charge in [0.1, 0.15) is 5.82 Å². The molecule has 1 aromatic carbocycles. The van der Waals surface area contributed by atoms with Crippen LogP contribution in [0.1, 0.15) is 28.8 Å². The van der Waals surface area contributed by atoms with Crippen LogP contribution in [0.5, 0.6) is 0 Å². The maximum absolute atomic E-state index is 12.2. The zero-order valence-corrected chi connectivity index (χ0v) is 14.7. The quantitative estimate of drug-likeness (QED) is 0.745. The molecular weight excluding hydrogens is 326 g/mol. The molecule has 0 bridgehead atoms. The summed E-state index contributed by atoms with van der Waals surface area (Å²) in [5.74, 6) is 0.762. The van der Waals surface area contributed by atoms with Gasteiger partial charge < -0.3 is 10.2 Å². The van der Waals surface area contributed by atoms with Crippen LogP contribution in [-0.4, -0.2) is 33.8 Å². The van der Waals surface area contributed by atoms with E-state index in [2.05, 4.69) is 27.5 Å². The maximum Gasteiger partial charge on any atom is 0.251 e. The Balaban J connectivity index is 1.44. The summed E-state index contributed by atoms with van der Waals surface area (Å²) < 4.78 is 1.83. The van der Waals surface area contributed by atoms with Gasteiger partial charge in [-0.2, -0.15) is 5.10 Å². The van der Waals surface area contributed by atoms with E-state index in [0.717, 1.165) is 29.9 Å². The van der Waals surface area contributed by atoms with Gasteiger partial charge in [0, 0.05) is 43.8 Å². The largest absolute Gasteiger partial charge is 0.355 e. The van der Waals surface area contributed by atoms with E-state index in [1.165, 1.54) is 0 Å². The van der Waals surface area contributed by atoms with E-state index in [-0.39, 0.29) is 5.91 Å². The molecule has 2 heterocycles. The van der Waals surface area contributed by atoms with Crippen LogP contribution >= 0.6 is 0 Å². The summed E-state index contributed by atoms with van der Waals surface area (Å²) in [6.07, 6.45) is 7.54. The molecule has 6 heteroatoms. The summed E-state index contributed by atoms with van der Waals surface area (Å²) in [4.78, 5) is 18.7. The SMILES string of the molecule is CN(Cc1ccc(-n2cccn2)cc1)c1cc(C(=O)NC2CC2)ccn1. The molecule has 1 aliphatic rings. The molecule has 0 saturated heterocycles. The highest BCUT2D eigenvalue weighted by Gasteiger charge is 2.24. The fourth-order valence-electron chi connectivity index (χ4n) is 2.80. The average molecular weight is 347 g/mol. The predicted molar refractivity (Wildman–Crippen MR) is 100 cm³/mol. The van der Waals surface area contributed by atoms with Gasteiger partial charge in [0.15, 0.2) is 0 Å². The van der Waals surface area contributed by atoms with Crippen LogP contribution in [-0.2, 0) is 6.54 Å². The van der Waals surface area contributed by atoms with Gasteiger partial charge in [-0.1, -0.05) is 12.1 Å². The molecule has 2 aromatic heterocycles. The number of hydrogen-bond acceptors (Lipinski definition) is 4. The first-order chi connectivity index (χ1) is 12.7. The summed E-state index contributed by atoms with van der Waals surface area (Å²) in [6, 6.07) is 14.1. The minimum absolute atomic E-state index is 0.0203. The Morgan fingerprint density at radius 1 is 1.23 bits per heavy atom. The second-order valence-electron chi connectivity index (χ2n) is 6.62.